The van der Waals surface area contributed by atoms with Crippen molar-refractivity contribution in [2.24, 2.45) is 0 Å². The molecule has 2 aromatic rings. The van der Waals surface area contributed by atoms with Crippen LogP contribution in [0.25, 0.3) is 0 Å². The highest BCUT2D eigenvalue weighted by molar-refractivity contribution is 7.92. The molecule has 1 N–H and O–H groups in total. The summed E-state index contributed by atoms with van der Waals surface area (Å²) in [6.07, 6.45) is 0. The summed E-state index contributed by atoms with van der Waals surface area (Å²) in [6, 6.07) is 14.1. The van der Waals surface area contributed by atoms with E-state index in [2.05, 4.69) is 28.4 Å². The van der Waals surface area contributed by atoms with Crippen LogP contribution in [0, 0.1) is 0 Å². The molecule has 1 aliphatic heterocycles. The Kier molecular flexibility index (Phi) is 8.71. The minimum Gasteiger partial charge on any atom is -0.492 e. The van der Waals surface area contributed by atoms with Gasteiger partial charge >= 0.3 is 0 Å². The second kappa shape index (κ2) is 11.5. The molecule has 1 aliphatic rings. The summed E-state index contributed by atoms with van der Waals surface area (Å²) in [4.78, 5) is 4.81. The number of hydrogen-bond acceptors (Lipinski definition) is 6. The van der Waals surface area contributed by atoms with E-state index in [4.69, 9.17) is 9.47 Å². The molecule has 0 spiro atoms. The molecule has 3 rings (SSSR count). The molecule has 0 aliphatic carbocycles. The normalized spacial score (nSPS) is 15.2. The lowest BCUT2D eigenvalue weighted by molar-refractivity contribution is 0.0341. The van der Waals surface area contributed by atoms with E-state index in [0.29, 0.717) is 32.1 Å². The maximum atomic E-state index is 12.9. The fourth-order valence-corrected chi connectivity index (χ4v) is 4.62. The number of nitrogens with one attached hydrogen (secondary N) is 1. The van der Waals surface area contributed by atoms with Crippen molar-refractivity contribution in [1.82, 2.24) is 9.80 Å². The van der Waals surface area contributed by atoms with Gasteiger partial charge in [0.2, 0.25) is 0 Å². The number of anilines is 1. The van der Waals surface area contributed by atoms with Gasteiger partial charge in [-0.15, -0.1) is 0 Å². The first-order chi connectivity index (χ1) is 15.0. The van der Waals surface area contributed by atoms with Crippen LogP contribution in [0.5, 0.6) is 5.75 Å². The molecule has 7 nitrogen and oxygen atoms in total. The zero-order valence-corrected chi connectivity index (χ0v) is 19.2. The number of nitrogens with zero attached hydrogens (tertiary/aromatic N) is 2. The fourth-order valence-electron chi connectivity index (χ4n) is 3.49. The molecule has 1 saturated heterocycles. The predicted molar refractivity (Wildman–Crippen MR) is 123 cm³/mol. The monoisotopic (exact) mass is 447 g/mol. The highest BCUT2D eigenvalue weighted by Gasteiger charge is 2.16. The van der Waals surface area contributed by atoms with Crippen LogP contribution in [-0.2, 0) is 21.3 Å². The summed E-state index contributed by atoms with van der Waals surface area (Å²) in [7, 11) is -3.67. The van der Waals surface area contributed by atoms with E-state index in [1.807, 2.05) is 6.07 Å². The lowest BCUT2D eigenvalue weighted by Gasteiger charge is -2.26. The topological polar surface area (TPSA) is 71.1 Å². The van der Waals surface area contributed by atoms with Gasteiger partial charge < -0.3 is 14.4 Å². The third kappa shape index (κ3) is 7.21. The molecule has 0 aromatic heterocycles. The van der Waals surface area contributed by atoms with E-state index in [-0.39, 0.29) is 4.90 Å². The van der Waals surface area contributed by atoms with Gasteiger partial charge in [-0.25, -0.2) is 8.42 Å². The van der Waals surface area contributed by atoms with Crippen molar-refractivity contribution < 1.29 is 17.9 Å². The van der Waals surface area contributed by atoms with E-state index in [1.165, 1.54) is 0 Å². The van der Waals surface area contributed by atoms with Gasteiger partial charge in [-0.3, -0.25) is 9.62 Å². The van der Waals surface area contributed by atoms with E-state index < -0.39 is 10.0 Å². The maximum absolute atomic E-state index is 12.9. The quantitative estimate of drug-likeness (QED) is 0.571. The Labute approximate surface area is 186 Å². The number of likely N-dealkylation sites (N-methyl/N-ethyl adjacent to an activating group) is 1. The first-order valence-corrected chi connectivity index (χ1v) is 12.4. The van der Waals surface area contributed by atoms with Gasteiger partial charge in [0.1, 0.15) is 12.4 Å². The van der Waals surface area contributed by atoms with Crippen LogP contribution >= 0.6 is 0 Å². The van der Waals surface area contributed by atoms with Crippen LogP contribution in [0.4, 0.5) is 5.69 Å². The van der Waals surface area contributed by atoms with Gasteiger partial charge in [0, 0.05) is 31.9 Å². The smallest absolute Gasteiger partial charge is 0.261 e. The van der Waals surface area contributed by atoms with E-state index in [1.54, 1.807) is 42.5 Å². The largest absolute Gasteiger partial charge is 0.492 e. The molecule has 0 saturated carbocycles. The summed E-state index contributed by atoms with van der Waals surface area (Å²) in [5.41, 5.74) is 1.48. The highest BCUT2D eigenvalue weighted by Crippen LogP contribution is 2.21. The molecule has 0 atom stereocenters. The van der Waals surface area contributed by atoms with Crippen molar-refractivity contribution >= 4 is 15.7 Å². The van der Waals surface area contributed by atoms with Crippen LogP contribution in [0.1, 0.15) is 19.4 Å². The van der Waals surface area contributed by atoms with E-state index in [9.17, 15) is 8.42 Å². The van der Waals surface area contributed by atoms with Gasteiger partial charge in [0.25, 0.3) is 10.0 Å². The fraction of sp³-hybridized carbons (Fsp3) is 0.478. The molecule has 1 heterocycles. The third-order valence-electron chi connectivity index (χ3n) is 5.40. The van der Waals surface area contributed by atoms with Gasteiger partial charge in [-0.1, -0.05) is 26.0 Å². The molecule has 1 fully saturated rings. The van der Waals surface area contributed by atoms with Crippen molar-refractivity contribution in [2.45, 2.75) is 25.3 Å². The van der Waals surface area contributed by atoms with Gasteiger partial charge in [-0.2, -0.15) is 0 Å². The molecule has 8 heteroatoms. The molecule has 0 bridgehead atoms. The number of sulfonamides is 1. The molecule has 0 radical (unpaired) electrons. The van der Waals surface area contributed by atoms with Crippen LogP contribution in [-0.4, -0.2) is 70.8 Å². The molecular weight excluding hydrogens is 414 g/mol. The lowest BCUT2D eigenvalue weighted by Crippen LogP contribution is -2.35. The highest BCUT2D eigenvalue weighted by atomic mass is 32.2. The molecule has 170 valence electrons. The Morgan fingerprint density at radius 2 is 1.77 bits per heavy atom. The third-order valence-corrected chi connectivity index (χ3v) is 6.77. The molecule has 31 heavy (non-hydrogen) atoms. The number of hydrogen-bond donors (Lipinski definition) is 1. The standard InChI is InChI=1S/C23H33N3O4S/c1-3-25(4-2)14-17-30-22-10-8-21(9-11-22)24-31(27,28)23-7-5-6-20(18-23)19-26-12-15-29-16-13-26/h5-11,18,24H,3-4,12-17,19H2,1-2H3. The summed E-state index contributed by atoms with van der Waals surface area (Å²) in [5, 5.41) is 0. The molecule has 0 unspecified atom stereocenters. The van der Waals surface area contributed by atoms with E-state index in [0.717, 1.165) is 44.0 Å². The van der Waals surface area contributed by atoms with Crippen molar-refractivity contribution in [3.8, 4) is 5.75 Å². The Morgan fingerprint density at radius 3 is 2.45 bits per heavy atom. The van der Waals surface area contributed by atoms with Gasteiger partial charge in [0.15, 0.2) is 0 Å². The second-order valence-electron chi connectivity index (χ2n) is 7.54. The van der Waals surface area contributed by atoms with Crippen molar-refractivity contribution in [1.29, 1.82) is 0 Å². The Hall–Kier alpha value is -2.13. The Bertz CT molecular complexity index is 909. The number of morpholine rings is 1. The van der Waals surface area contributed by atoms with Crippen LogP contribution in [0.15, 0.2) is 53.4 Å². The van der Waals surface area contributed by atoms with Crippen LogP contribution in [0.2, 0.25) is 0 Å². The first-order valence-electron chi connectivity index (χ1n) is 10.9. The second-order valence-corrected chi connectivity index (χ2v) is 9.22. The van der Waals surface area contributed by atoms with Crippen LogP contribution in [0.3, 0.4) is 0 Å². The van der Waals surface area contributed by atoms with Crippen LogP contribution < -0.4 is 9.46 Å². The van der Waals surface area contributed by atoms with Crippen molar-refractivity contribution in [3.63, 3.8) is 0 Å². The molecule has 0 amide bonds. The van der Waals surface area contributed by atoms with Crippen molar-refractivity contribution in [2.75, 3.05) is 57.3 Å². The first kappa shape index (κ1) is 23.5. The number of ether oxygens (including phenoxy) is 2. The zero-order valence-electron chi connectivity index (χ0n) is 18.4. The van der Waals surface area contributed by atoms with Gasteiger partial charge in [0.05, 0.1) is 18.1 Å². The average Bonchev–Trinajstić information content (AvgIpc) is 2.78. The summed E-state index contributed by atoms with van der Waals surface area (Å²) >= 11 is 0. The lowest BCUT2D eigenvalue weighted by atomic mass is 10.2. The summed E-state index contributed by atoms with van der Waals surface area (Å²) in [5.74, 6) is 0.725. The minimum absolute atomic E-state index is 0.262. The predicted octanol–water partition coefficient (Wildman–Crippen LogP) is 3.04. The Balaban J connectivity index is 1.58. The van der Waals surface area contributed by atoms with Gasteiger partial charge in [-0.05, 0) is 55.1 Å². The molecular formula is C23H33N3O4S. The Morgan fingerprint density at radius 1 is 1.06 bits per heavy atom. The SMILES string of the molecule is CCN(CC)CCOc1ccc(NS(=O)(=O)c2cccc(CN3CCOCC3)c2)cc1. The summed E-state index contributed by atoms with van der Waals surface area (Å²) in [6.45, 7) is 11.6. The van der Waals surface area contributed by atoms with E-state index >= 15 is 0 Å². The number of benzene rings is 2. The zero-order chi connectivity index (χ0) is 22.1. The number of rotatable bonds is 11. The average molecular weight is 448 g/mol. The van der Waals surface area contributed by atoms with Crippen molar-refractivity contribution in [3.05, 3.63) is 54.1 Å². The maximum Gasteiger partial charge on any atom is 0.261 e. The molecule has 2 aromatic carbocycles. The summed E-state index contributed by atoms with van der Waals surface area (Å²) < 4.78 is 39.5. The minimum atomic E-state index is -3.67.